The first kappa shape index (κ1) is 24.6. The molecular weight excluding hydrogens is 481 g/mol. The average molecular weight is 505 g/mol. The topological polar surface area (TPSA) is 60.4 Å². The first-order valence-corrected chi connectivity index (χ1v) is 11.6. The summed E-state index contributed by atoms with van der Waals surface area (Å²) >= 11 is 1.30. The number of carbonyl (C=O) groups is 1. The Morgan fingerprint density at radius 3 is 2.49 bits per heavy atom. The minimum atomic E-state index is -4.42. The molecule has 35 heavy (non-hydrogen) atoms. The molecule has 3 aromatic rings. The number of nitrogens with zero attached hydrogens (tertiary/aromatic N) is 2. The smallest absolute Gasteiger partial charge is 0.416 e. The summed E-state index contributed by atoms with van der Waals surface area (Å²) in [7, 11) is 3.10. The Morgan fingerprint density at radius 2 is 1.86 bits per heavy atom. The molecular formula is C25H23F3N2O4S. The second-order valence-corrected chi connectivity index (χ2v) is 8.84. The standard InChI is InChI=1S/C25H23F3N2O4S/c1-32-21-10-7-17(12-22(21)33-2)20-13-19(34-29-20)15-30(24(31)23-4-3-11-35-23)14-16-5-8-18(9-6-16)25(26,27)28/h3-12,19H,13-15H2,1-2H3/t19-/m0/s1. The van der Waals surface area contributed by atoms with E-state index in [-0.39, 0.29) is 19.0 Å². The summed E-state index contributed by atoms with van der Waals surface area (Å²) in [5, 5.41) is 6.00. The number of carbonyl (C=O) groups excluding carboxylic acids is 1. The van der Waals surface area contributed by atoms with Crippen molar-refractivity contribution in [3.63, 3.8) is 0 Å². The number of hydrogen-bond acceptors (Lipinski definition) is 6. The molecule has 1 aliphatic heterocycles. The zero-order valence-electron chi connectivity index (χ0n) is 19.0. The van der Waals surface area contributed by atoms with Crippen LogP contribution in [0.15, 0.2) is 65.1 Å². The van der Waals surface area contributed by atoms with Gasteiger partial charge >= 0.3 is 6.18 Å². The Labute approximate surface area is 204 Å². The van der Waals surface area contributed by atoms with Gasteiger partial charge < -0.3 is 19.2 Å². The maximum Gasteiger partial charge on any atom is 0.416 e. The summed E-state index contributed by atoms with van der Waals surface area (Å²) in [6, 6.07) is 13.7. The lowest BCUT2D eigenvalue weighted by atomic mass is 10.0. The maximum absolute atomic E-state index is 13.2. The zero-order valence-corrected chi connectivity index (χ0v) is 19.9. The van der Waals surface area contributed by atoms with Gasteiger partial charge in [0.1, 0.15) is 0 Å². The summed E-state index contributed by atoms with van der Waals surface area (Å²) in [6.45, 7) is 0.360. The van der Waals surface area contributed by atoms with Gasteiger partial charge in [0.25, 0.3) is 5.91 Å². The van der Waals surface area contributed by atoms with Crippen molar-refractivity contribution >= 4 is 23.0 Å². The third kappa shape index (κ3) is 5.76. The third-order valence-electron chi connectivity index (χ3n) is 5.55. The molecule has 1 aromatic heterocycles. The van der Waals surface area contributed by atoms with E-state index in [1.807, 2.05) is 6.07 Å². The van der Waals surface area contributed by atoms with Crippen LogP contribution in [0.1, 0.15) is 32.8 Å². The lowest BCUT2D eigenvalue weighted by Crippen LogP contribution is -2.37. The van der Waals surface area contributed by atoms with Gasteiger partial charge in [0, 0.05) is 18.5 Å². The number of ether oxygens (including phenoxy) is 2. The predicted molar refractivity (Wildman–Crippen MR) is 126 cm³/mol. The lowest BCUT2D eigenvalue weighted by molar-refractivity contribution is -0.137. The summed E-state index contributed by atoms with van der Waals surface area (Å²) in [5.41, 5.74) is 1.37. The van der Waals surface area contributed by atoms with Crippen molar-refractivity contribution in [3.8, 4) is 11.5 Å². The molecule has 0 aliphatic carbocycles. The molecule has 0 radical (unpaired) electrons. The van der Waals surface area contributed by atoms with Crippen LogP contribution in [0.4, 0.5) is 13.2 Å². The van der Waals surface area contributed by atoms with Crippen molar-refractivity contribution in [2.45, 2.75) is 25.2 Å². The molecule has 4 rings (SSSR count). The molecule has 0 fully saturated rings. The molecule has 0 saturated carbocycles. The van der Waals surface area contributed by atoms with E-state index in [1.165, 1.54) is 23.5 Å². The minimum absolute atomic E-state index is 0.139. The highest BCUT2D eigenvalue weighted by atomic mass is 32.1. The van der Waals surface area contributed by atoms with Gasteiger partial charge in [0.05, 0.1) is 36.9 Å². The zero-order chi connectivity index (χ0) is 25.0. The number of alkyl halides is 3. The Bertz CT molecular complexity index is 1190. The van der Waals surface area contributed by atoms with Crippen LogP contribution in [0, 0.1) is 0 Å². The number of thiophene rings is 1. The molecule has 0 N–H and O–H groups in total. The highest BCUT2D eigenvalue weighted by molar-refractivity contribution is 7.12. The van der Waals surface area contributed by atoms with E-state index in [0.717, 1.165) is 17.7 Å². The minimum Gasteiger partial charge on any atom is -0.493 e. The molecule has 2 heterocycles. The largest absolute Gasteiger partial charge is 0.493 e. The van der Waals surface area contributed by atoms with Crippen molar-refractivity contribution in [3.05, 3.63) is 81.5 Å². The third-order valence-corrected chi connectivity index (χ3v) is 6.41. The van der Waals surface area contributed by atoms with Crippen LogP contribution >= 0.6 is 11.3 Å². The number of benzene rings is 2. The van der Waals surface area contributed by atoms with Crippen molar-refractivity contribution in [1.82, 2.24) is 4.90 Å². The van der Waals surface area contributed by atoms with E-state index in [1.54, 1.807) is 48.8 Å². The van der Waals surface area contributed by atoms with E-state index in [9.17, 15) is 18.0 Å². The van der Waals surface area contributed by atoms with Gasteiger partial charge in [-0.1, -0.05) is 23.4 Å². The fraction of sp³-hybridized carbons (Fsp3) is 0.280. The predicted octanol–water partition coefficient (Wildman–Crippen LogP) is 5.62. The summed E-state index contributed by atoms with van der Waals surface area (Å²) in [5.74, 6) is 0.938. The summed E-state index contributed by atoms with van der Waals surface area (Å²) < 4.78 is 49.4. The highest BCUT2D eigenvalue weighted by Crippen LogP contribution is 2.31. The molecule has 2 aromatic carbocycles. The number of halogens is 3. The summed E-state index contributed by atoms with van der Waals surface area (Å²) in [4.78, 5) is 20.9. The van der Waals surface area contributed by atoms with Gasteiger partial charge in [-0.15, -0.1) is 11.3 Å². The second-order valence-electron chi connectivity index (χ2n) is 7.90. The normalized spacial score (nSPS) is 15.3. The molecule has 10 heteroatoms. The molecule has 0 unspecified atom stereocenters. The van der Waals surface area contributed by atoms with Gasteiger partial charge in [-0.3, -0.25) is 4.79 Å². The fourth-order valence-corrected chi connectivity index (χ4v) is 4.44. The fourth-order valence-electron chi connectivity index (χ4n) is 3.75. The lowest BCUT2D eigenvalue weighted by Gasteiger charge is -2.24. The van der Waals surface area contributed by atoms with Crippen molar-refractivity contribution in [2.24, 2.45) is 5.16 Å². The quantitative estimate of drug-likeness (QED) is 0.400. The van der Waals surface area contributed by atoms with Crippen LogP contribution < -0.4 is 9.47 Å². The van der Waals surface area contributed by atoms with Crippen LogP contribution in [0.5, 0.6) is 11.5 Å². The van der Waals surface area contributed by atoms with Crippen molar-refractivity contribution in [2.75, 3.05) is 20.8 Å². The monoisotopic (exact) mass is 504 g/mol. The number of methoxy groups -OCH3 is 2. The van der Waals surface area contributed by atoms with Gasteiger partial charge in [0.15, 0.2) is 17.6 Å². The van der Waals surface area contributed by atoms with Gasteiger partial charge in [-0.25, -0.2) is 0 Å². The van der Waals surface area contributed by atoms with E-state index in [0.29, 0.717) is 34.1 Å². The first-order valence-electron chi connectivity index (χ1n) is 10.7. The Balaban J connectivity index is 1.49. The first-order chi connectivity index (χ1) is 16.8. The molecule has 1 amide bonds. The number of amides is 1. The highest BCUT2D eigenvalue weighted by Gasteiger charge is 2.31. The molecule has 0 spiro atoms. The van der Waals surface area contributed by atoms with Crippen molar-refractivity contribution < 1.29 is 32.3 Å². The van der Waals surface area contributed by atoms with E-state index in [4.69, 9.17) is 14.3 Å². The average Bonchev–Trinajstić information content (AvgIpc) is 3.55. The van der Waals surface area contributed by atoms with Crippen LogP contribution in [-0.4, -0.2) is 43.4 Å². The van der Waals surface area contributed by atoms with Crippen LogP contribution in [0.2, 0.25) is 0 Å². The molecule has 1 aliphatic rings. The number of rotatable bonds is 8. The molecule has 6 nitrogen and oxygen atoms in total. The van der Waals surface area contributed by atoms with Gasteiger partial charge in [-0.2, -0.15) is 13.2 Å². The molecule has 184 valence electrons. The molecule has 0 bridgehead atoms. The van der Waals surface area contributed by atoms with Gasteiger partial charge in [-0.05, 0) is 47.3 Å². The Morgan fingerprint density at radius 1 is 1.11 bits per heavy atom. The number of hydrogen-bond donors (Lipinski definition) is 0. The Hall–Kier alpha value is -3.53. The van der Waals surface area contributed by atoms with Crippen LogP contribution in [0.25, 0.3) is 0 Å². The van der Waals surface area contributed by atoms with E-state index in [2.05, 4.69) is 5.16 Å². The molecule has 0 saturated heterocycles. The maximum atomic E-state index is 13.2. The van der Waals surface area contributed by atoms with Gasteiger partial charge in [0.2, 0.25) is 0 Å². The van der Waals surface area contributed by atoms with Crippen molar-refractivity contribution in [1.29, 1.82) is 0 Å². The second kappa shape index (κ2) is 10.4. The number of oxime groups is 1. The Kier molecular flexibility index (Phi) is 7.30. The summed E-state index contributed by atoms with van der Waals surface area (Å²) in [6.07, 6.45) is -4.37. The van der Waals surface area contributed by atoms with E-state index < -0.39 is 17.8 Å². The van der Waals surface area contributed by atoms with Crippen LogP contribution in [-0.2, 0) is 17.6 Å². The van der Waals surface area contributed by atoms with E-state index >= 15 is 0 Å². The SMILES string of the molecule is COc1ccc(C2=NO[C@H](CN(Cc3ccc(C(F)(F)F)cc3)C(=O)c3cccs3)C2)cc1OC. The van der Waals surface area contributed by atoms with Crippen LogP contribution in [0.3, 0.4) is 0 Å². The molecule has 1 atom stereocenters.